The standard InChI is InChI=1S/C19H23FN2O3S/c1-11-17(26-10-21-11)5-6-18(24)22-19(13-7-14(23)8-13)12-3-4-16(25-2)15(20)9-12/h3-4,9-10,13-14,19,23H,5-8H2,1-2H3,(H,22,24)/t13?,14?,19-/m0/s1. The summed E-state index contributed by atoms with van der Waals surface area (Å²) in [6.07, 6.45) is 1.86. The fraction of sp³-hybridized carbons (Fsp3) is 0.474. The molecule has 2 aromatic rings. The highest BCUT2D eigenvalue weighted by Crippen LogP contribution is 2.39. The molecule has 0 saturated heterocycles. The third kappa shape index (κ3) is 4.22. The molecule has 0 radical (unpaired) electrons. The van der Waals surface area contributed by atoms with E-state index in [1.165, 1.54) is 13.2 Å². The van der Waals surface area contributed by atoms with Gasteiger partial charge < -0.3 is 15.2 Å². The predicted octanol–water partition coefficient (Wildman–Crippen LogP) is 3.16. The van der Waals surface area contributed by atoms with E-state index in [2.05, 4.69) is 10.3 Å². The molecule has 140 valence electrons. The second-order valence-corrected chi connectivity index (χ2v) is 7.62. The van der Waals surface area contributed by atoms with Gasteiger partial charge in [0.15, 0.2) is 11.6 Å². The molecule has 1 heterocycles. The number of hydrogen-bond donors (Lipinski definition) is 2. The molecule has 0 aliphatic heterocycles. The van der Waals surface area contributed by atoms with Gasteiger partial charge in [-0.15, -0.1) is 11.3 Å². The van der Waals surface area contributed by atoms with Crippen molar-refractivity contribution < 1.29 is 19.0 Å². The molecule has 1 saturated carbocycles. The lowest BCUT2D eigenvalue weighted by atomic mass is 9.75. The maximum absolute atomic E-state index is 14.1. The van der Waals surface area contributed by atoms with E-state index in [0.717, 1.165) is 10.6 Å². The number of carbonyl (C=O) groups excluding carboxylic acids is 1. The molecule has 2 N–H and O–H groups in total. The van der Waals surface area contributed by atoms with E-state index in [1.54, 1.807) is 29.0 Å². The summed E-state index contributed by atoms with van der Waals surface area (Å²) >= 11 is 1.55. The van der Waals surface area contributed by atoms with E-state index in [9.17, 15) is 14.3 Å². The second kappa shape index (κ2) is 8.14. The van der Waals surface area contributed by atoms with Crippen molar-refractivity contribution in [1.29, 1.82) is 0 Å². The summed E-state index contributed by atoms with van der Waals surface area (Å²) < 4.78 is 19.1. The van der Waals surface area contributed by atoms with Gasteiger partial charge in [0.1, 0.15) is 0 Å². The zero-order valence-electron chi connectivity index (χ0n) is 14.9. The minimum Gasteiger partial charge on any atom is -0.494 e. The van der Waals surface area contributed by atoms with Gasteiger partial charge in [-0.05, 0) is 49.8 Å². The van der Waals surface area contributed by atoms with E-state index in [4.69, 9.17) is 4.74 Å². The van der Waals surface area contributed by atoms with Crippen LogP contribution in [0.15, 0.2) is 23.7 Å². The summed E-state index contributed by atoms with van der Waals surface area (Å²) in [5.41, 5.74) is 3.43. The van der Waals surface area contributed by atoms with Gasteiger partial charge >= 0.3 is 0 Å². The van der Waals surface area contributed by atoms with Gasteiger partial charge in [-0.25, -0.2) is 9.37 Å². The van der Waals surface area contributed by atoms with Gasteiger partial charge in [0.05, 0.1) is 30.5 Å². The van der Waals surface area contributed by atoms with Crippen molar-refractivity contribution in [3.8, 4) is 5.75 Å². The van der Waals surface area contributed by atoms with Crippen LogP contribution in [0.4, 0.5) is 4.39 Å². The Bertz CT molecular complexity index is 774. The number of aryl methyl sites for hydroxylation is 2. The Hall–Kier alpha value is -1.99. The maximum atomic E-state index is 14.1. The molecule has 5 nitrogen and oxygen atoms in total. The number of nitrogens with zero attached hydrogens (tertiary/aromatic N) is 1. The molecular weight excluding hydrogens is 355 g/mol. The van der Waals surface area contributed by atoms with Crippen LogP contribution in [0.25, 0.3) is 0 Å². The SMILES string of the molecule is COc1ccc([C@H](NC(=O)CCc2scnc2C)C2CC(O)C2)cc1F. The molecule has 1 aliphatic carbocycles. The number of thiazole rings is 1. The topological polar surface area (TPSA) is 71.5 Å². The normalized spacial score (nSPS) is 20.3. The lowest BCUT2D eigenvalue weighted by Crippen LogP contribution is -2.41. The van der Waals surface area contributed by atoms with Gasteiger partial charge in [-0.2, -0.15) is 0 Å². The number of hydrogen-bond acceptors (Lipinski definition) is 5. The number of aromatic nitrogens is 1. The van der Waals surface area contributed by atoms with Crippen molar-refractivity contribution >= 4 is 17.2 Å². The summed E-state index contributed by atoms with van der Waals surface area (Å²) in [6.45, 7) is 1.93. The number of rotatable bonds is 7. The lowest BCUT2D eigenvalue weighted by molar-refractivity contribution is -0.123. The van der Waals surface area contributed by atoms with E-state index in [1.807, 2.05) is 6.92 Å². The van der Waals surface area contributed by atoms with Gasteiger partial charge in [0.25, 0.3) is 0 Å². The summed E-state index contributed by atoms with van der Waals surface area (Å²) in [7, 11) is 1.42. The van der Waals surface area contributed by atoms with Crippen LogP contribution in [0.2, 0.25) is 0 Å². The molecule has 1 aromatic carbocycles. The highest BCUT2D eigenvalue weighted by molar-refractivity contribution is 7.09. The number of methoxy groups -OCH3 is 1. The molecular formula is C19H23FN2O3S. The van der Waals surface area contributed by atoms with Gasteiger partial charge in [-0.1, -0.05) is 6.07 Å². The monoisotopic (exact) mass is 378 g/mol. The molecule has 1 fully saturated rings. The van der Waals surface area contributed by atoms with Gasteiger partial charge in [0, 0.05) is 11.3 Å². The van der Waals surface area contributed by atoms with Crippen LogP contribution < -0.4 is 10.1 Å². The maximum Gasteiger partial charge on any atom is 0.220 e. The van der Waals surface area contributed by atoms with Crippen LogP contribution in [0.1, 0.15) is 41.4 Å². The zero-order chi connectivity index (χ0) is 18.7. The van der Waals surface area contributed by atoms with Crippen molar-refractivity contribution in [3.63, 3.8) is 0 Å². The Labute approximate surface area is 156 Å². The van der Waals surface area contributed by atoms with Crippen LogP contribution in [0.3, 0.4) is 0 Å². The molecule has 26 heavy (non-hydrogen) atoms. The first kappa shape index (κ1) is 18.8. The smallest absolute Gasteiger partial charge is 0.220 e. The summed E-state index contributed by atoms with van der Waals surface area (Å²) in [5, 5.41) is 12.7. The van der Waals surface area contributed by atoms with Crippen LogP contribution in [0, 0.1) is 18.7 Å². The average molecular weight is 378 g/mol. The molecule has 0 spiro atoms. The molecule has 3 rings (SSSR count). The Morgan fingerprint density at radius 3 is 2.85 bits per heavy atom. The number of carbonyl (C=O) groups is 1. The highest BCUT2D eigenvalue weighted by Gasteiger charge is 2.36. The Morgan fingerprint density at radius 1 is 1.50 bits per heavy atom. The Morgan fingerprint density at radius 2 is 2.27 bits per heavy atom. The quantitative estimate of drug-likeness (QED) is 0.776. The first-order chi connectivity index (χ1) is 12.5. The van der Waals surface area contributed by atoms with E-state index < -0.39 is 5.82 Å². The van der Waals surface area contributed by atoms with Crippen molar-refractivity contribution in [3.05, 3.63) is 45.7 Å². The van der Waals surface area contributed by atoms with Crippen molar-refractivity contribution in [2.45, 2.75) is 44.8 Å². The Kier molecular flexibility index (Phi) is 5.88. The highest BCUT2D eigenvalue weighted by atomic mass is 32.1. The molecule has 1 atom stereocenters. The van der Waals surface area contributed by atoms with Crippen molar-refractivity contribution in [2.75, 3.05) is 7.11 Å². The average Bonchev–Trinajstić information content (AvgIpc) is 3.00. The fourth-order valence-corrected chi connectivity index (χ4v) is 4.07. The third-order valence-corrected chi connectivity index (χ3v) is 5.89. The molecule has 1 aliphatic rings. The zero-order valence-corrected chi connectivity index (χ0v) is 15.7. The van der Waals surface area contributed by atoms with Gasteiger partial charge in [-0.3, -0.25) is 4.79 Å². The van der Waals surface area contributed by atoms with E-state index in [0.29, 0.717) is 31.2 Å². The fourth-order valence-electron chi connectivity index (χ4n) is 3.29. The van der Waals surface area contributed by atoms with E-state index >= 15 is 0 Å². The molecule has 1 aromatic heterocycles. The third-order valence-electron chi connectivity index (χ3n) is 4.90. The minimum absolute atomic E-state index is 0.0829. The number of ether oxygens (including phenoxy) is 1. The molecule has 1 amide bonds. The lowest BCUT2D eigenvalue weighted by Gasteiger charge is -2.38. The Balaban J connectivity index is 1.69. The minimum atomic E-state index is -0.454. The van der Waals surface area contributed by atoms with E-state index in [-0.39, 0.29) is 29.7 Å². The number of amides is 1. The molecule has 0 bridgehead atoms. The number of halogens is 1. The summed E-state index contributed by atoms with van der Waals surface area (Å²) in [5.74, 6) is -0.259. The van der Waals surface area contributed by atoms with Crippen LogP contribution in [-0.4, -0.2) is 29.2 Å². The number of aliphatic hydroxyl groups is 1. The molecule has 7 heteroatoms. The number of aliphatic hydroxyl groups excluding tert-OH is 1. The first-order valence-electron chi connectivity index (χ1n) is 8.67. The van der Waals surface area contributed by atoms with Crippen molar-refractivity contribution in [2.24, 2.45) is 5.92 Å². The van der Waals surface area contributed by atoms with Crippen LogP contribution in [-0.2, 0) is 11.2 Å². The van der Waals surface area contributed by atoms with Crippen LogP contribution in [0.5, 0.6) is 5.75 Å². The molecule has 0 unspecified atom stereocenters. The number of nitrogens with one attached hydrogen (secondary N) is 1. The summed E-state index contributed by atoms with van der Waals surface area (Å²) in [6, 6.07) is 4.43. The van der Waals surface area contributed by atoms with Crippen molar-refractivity contribution in [1.82, 2.24) is 10.3 Å². The largest absolute Gasteiger partial charge is 0.494 e. The predicted molar refractivity (Wildman–Crippen MR) is 97.7 cm³/mol. The second-order valence-electron chi connectivity index (χ2n) is 6.69. The van der Waals surface area contributed by atoms with Gasteiger partial charge in [0.2, 0.25) is 5.91 Å². The van der Waals surface area contributed by atoms with Crippen LogP contribution >= 0.6 is 11.3 Å². The first-order valence-corrected chi connectivity index (χ1v) is 9.55. The summed E-state index contributed by atoms with van der Waals surface area (Å²) in [4.78, 5) is 17.8. The number of benzene rings is 1.